The third-order valence-electron chi connectivity index (χ3n) is 1.60. The van der Waals surface area contributed by atoms with Crippen molar-refractivity contribution in [2.75, 3.05) is 12.3 Å². The van der Waals surface area contributed by atoms with Gasteiger partial charge in [-0.2, -0.15) is 0 Å². The van der Waals surface area contributed by atoms with Crippen LogP contribution < -0.4 is 5.73 Å². The molecule has 1 aromatic carbocycles. The predicted octanol–water partition coefficient (Wildman–Crippen LogP) is 2.18. The second-order valence-corrected chi connectivity index (χ2v) is 3.18. The first-order valence-corrected chi connectivity index (χ1v) is 4.63. The van der Waals surface area contributed by atoms with Crippen LogP contribution in [-0.2, 0) is 11.2 Å². The maximum Gasteiger partial charge on any atom is 0.164 e. The Morgan fingerprint density at radius 1 is 1.54 bits per heavy atom. The van der Waals surface area contributed by atoms with E-state index in [1.54, 1.807) is 0 Å². The Hall–Kier alpha value is -1.09. The van der Waals surface area contributed by atoms with Gasteiger partial charge in [-0.1, -0.05) is 12.1 Å². The Morgan fingerprint density at radius 2 is 2.31 bits per heavy atom. The third-order valence-corrected chi connectivity index (χ3v) is 1.87. The average Bonchev–Trinajstić information content (AvgIpc) is 2.04. The molecule has 0 aromatic heterocycles. The van der Waals surface area contributed by atoms with E-state index in [1.807, 2.05) is 31.2 Å². The highest BCUT2D eigenvalue weighted by Gasteiger charge is 1.99. The van der Waals surface area contributed by atoms with Crippen molar-refractivity contribution in [3.8, 4) is 0 Å². The molecule has 0 saturated carbocycles. The van der Waals surface area contributed by atoms with E-state index in [2.05, 4.69) is 0 Å². The van der Waals surface area contributed by atoms with Gasteiger partial charge in [-0.15, -0.1) is 0 Å². The molecule has 0 spiro atoms. The topological polar surface area (TPSA) is 35.2 Å². The van der Waals surface area contributed by atoms with Crippen molar-refractivity contribution in [2.45, 2.75) is 13.3 Å². The lowest BCUT2D eigenvalue weighted by atomic mass is 10.1. The molecule has 0 atom stereocenters. The molecule has 0 heterocycles. The van der Waals surface area contributed by atoms with Crippen molar-refractivity contribution in [1.82, 2.24) is 0 Å². The molecular formula is C10H13NOS. The molecule has 0 aliphatic rings. The third kappa shape index (κ3) is 3.42. The molecule has 2 nitrogen and oxygen atoms in total. The highest BCUT2D eigenvalue weighted by molar-refractivity contribution is 7.80. The van der Waals surface area contributed by atoms with Crippen molar-refractivity contribution < 1.29 is 4.74 Å². The van der Waals surface area contributed by atoms with Gasteiger partial charge < -0.3 is 10.5 Å². The summed E-state index contributed by atoms with van der Waals surface area (Å²) in [6, 6.07) is 7.67. The Kier molecular flexibility index (Phi) is 3.71. The minimum Gasteiger partial charge on any atom is -0.487 e. The lowest BCUT2D eigenvalue weighted by Crippen LogP contribution is -2.05. The summed E-state index contributed by atoms with van der Waals surface area (Å²) < 4.78 is 5.18. The molecule has 0 amide bonds. The summed E-state index contributed by atoms with van der Waals surface area (Å²) in [5.41, 5.74) is 7.48. The maximum absolute atomic E-state index is 5.62. The van der Waals surface area contributed by atoms with Crippen LogP contribution in [0.3, 0.4) is 0 Å². The standard InChI is InChI=1S/C10H13NOS/c1-2-12-10(13)7-8-4-3-5-9(11)6-8/h3-6H,2,7,11H2,1H3. The van der Waals surface area contributed by atoms with E-state index in [-0.39, 0.29) is 0 Å². The van der Waals surface area contributed by atoms with Crippen LogP contribution in [0.2, 0.25) is 0 Å². The van der Waals surface area contributed by atoms with Gasteiger partial charge in [0.15, 0.2) is 5.05 Å². The summed E-state index contributed by atoms with van der Waals surface area (Å²) >= 11 is 5.02. The smallest absolute Gasteiger partial charge is 0.164 e. The summed E-state index contributed by atoms with van der Waals surface area (Å²) in [6.07, 6.45) is 0.661. The zero-order valence-electron chi connectivity index (χ0n) is 7.62. The molecule has 0 aliphatic carbocycles. The summed E-state index contributed by atoms with van der Waals surface area (Å²) in [5, 5.41) is 0.619. The van der Waals surface area contributed by atoms with Crippen LogP contribution in [0.5, 0.6) is 0 Å². The molecule has 0 unspecified atom stereocenters. The molecule has 2 N–H and O–H groups in total. The van der Waals surface area contributed by atoms with Crippen LogP contribution in [0, 0.1) is 0 Å². The van der Waals surface area contributed by atoms with E-state index in [1.165, 1.54) is 0 Å². The van der Waals surface area contributed by atoms with Crippen LogP contribution in [-0.4, -0.2) is 11.7 Å². The van der Waals surface area contributed by atoms with Crippen LogP contribution in [0.25, 0.3) is 0 Å². The van der Waals surface area contributed by atoms with Gasteiger partial charge in [0.1, 0.15) is 0 Å². The molecule has 0 radical (unpaired) electrons. The Bertz CT molecular complexity index is 299. The fourth-order valence-electron chi connectivity index (χ4n) is 1.08. The number of nitrogen functional groups attached to an aromatic ring is 1. The molecule has 70 valence electrons. The first-order valence-electron chi connectivity index (χ1n) is 4.22. The highest BCUT2D eigenvalue weighted by atomic mass is 32.1. The normalized spacial score (nSPS) is 9.62. The quantitative estimate of drug-likeness (QED) is 0.593. The number of rotatable bonds is 3. The van der Waals surface area contributed by atoms with E-state index in [0.29, 0.717) is 18.1 Å². The maximum atomic E-state index is 5.62. The Balaban J connectivity index is 2.58. The van der Waals surface area contributed by atoms with E-state index in [0.717, 1.165) is 11.3 Å². The van der Waals surface area contributed by atoms with E-state index in [4.69, 9.17) is 22.7 Å². The fourth-order valence-corrected chi connectivity index (χ4v) is 1.37. The molecule has 0 bridgehead atoms. The monoisotopic (exact) mass is 195 g/mol. The molecular weight excluding hydrogens is 182 g/mol. The lowest BCUT2D eigenvalue weighted by molar-refractivity contribution is 0.330. The van der Waals surface area contributed by atoms with Crippen molar-refractivity contribution in [3.63, 3.8) is 0 Å². The van der Waals surface area contributed by atoms with Gasteiger partial charge in [0.25, 0.3) is 0 Å². The van der Waals surface area contributed by atoms with Crippen molar-refractivity contribution in [2.24, 2.45) is 0 Å². The Morgan fingerprint density at radius 3 is 2.92 bits per heavy atom. The number of nitrogens with two attached hydrogens (primary N) is 1. The van der Waals surface area contributed by atoms with Gasteiger partial charge in [0.05, 0.1) is 6.61 Å². The van der Waals surface area contributed by atoms with Crippen molar-refractivity contribution in [1.29, 1.82) is 0 Å². The molecule has 1 rings (SSSR count). The number of hydrogen-bond donors (Lipinski definition) is 1. The van der Waals surface area contributed by atoms with Gasteiger partial charge in [-0.25, -0.2) is 0 Å². The first-order chi connectivity index (χ1) is 6.22. The molecule has 0 fully saturated rings. The average molecular weight is 195 g/mol. The van der Waals surface area contributed by atoms with Crippen molar-refractivity contribution >= 4 is 23.0 Å². The van der Waals surface area contributed by atoms with E-state index < -0.39 is 0 Å². The molecule has 13 heavy (non-hydrogen) atoms. The summed E-state index contributed by atoms with van der Waals surface area (Å²) in [7, 11) is 0. The minimum atomic E-state index is 0.619. The van der Waals surface area contributed by atoms with Gasteiger partial charge in [-0.05, 0) is 36.8 Å². The summed E-state index contributed by atoms with van der Waals surface area (Å²) in [4.78, 5) is 0. The molecule has 1 aromatic rings. The zero-order valence-corrected chi connectivity index (χ0v) is 8.43. The van der Waals surface area contributed by atoms with Crippen LogP contribution >= 0.6 is 12.2 Å². The van der Waals surface area contributed by atoms with E-state index >= 15 is 0 Å². The minimum absolute atomic E-state index is 0.619. The largest absolute Gasteiger partial charge is 0.487 e. The fraction of sp³-hybridized carbons (Fsp3) is 0.300. The van der Waals surface area contributed by atoms with Crippen molar-refractivity contribution in [3.05, 3.63) is 29.8 Å². The lowest BCUT2D eigenvalue weighted by Gasteiger charge is -2.04. The van der Waals surface area contributed by atoms with Gasteiger partial charge >= 0.3 is 0 Å². The number of thiocarbonyl (C=S) groups is 1. The number of anilines is 1. The van der Waals surface area contributed by atoms with Gasteiger partial charge in [0, 0.05) is 12.1 Å². The number of hydrogen-bond acceptors (Lipinski definition) is 3. The highest BCUT2D eigenvalue weighted by Crippen LogP contribution is 2.08. The number of benzene rings is 1. The SMILES string of the molecule is CCOC(=S)Cc1cccc(N)c1. The Labute approximate surface area is 83.7 Å². The van der Waals surface area contributed by atoms with Gasteiger partial charge in [0.2, 0.25) is 0 Å². The second kappa shape index (κ2) is 4.82. The predicted molar refractivity (Wildman–Crippen MR) is 58.8 cm³/mol. The van der Waals surface area contributed by atoms with Crippen LogP contribution in [0.15, 0.2) is 24.3 Å². The van der Waals surface area contributed by atoms with Crippen LogP contribution in [0.1, 0.15) is 12.5 Å². The van der Waals surface area contributed by atoms with Crippen LogP contribution in [0.4, 0.5) is 5.69 Å². The zero-order chi connectivity index (χ0) is 9.68. The molecule has 0 saturated heterocycles. The summed E-state index contributed by atoms with van der Waals surface area (Å²) in [5.74, 6) is 0. The molecule has 3 heteroatoms. The first kappa shape index (κ1) is 9.99. The second-order valence-electron chi connectivity index (χ2n) is 2.73. The van der Waals surface area contributed by atoms with E-state index in [9.17, 15) is 0 Å². The number of ether oxygens (including phenoxy) is 1. The van der Waals surface area contributed by atoms with Gasteiger partial charge in [-0.3, -0.25) is 0 Å². The summed E-state index contributed by atoms with van der Waals surface area (Å²) in [6.45, 7) is 2.55. The molecule has 0 aliphatic heterocycles.